The Kier molecular flexibility index (Phi) is 5.96. The monoisotopic (exact) mass is 298 g/mol. The highest BCUT2D eigenvalue weighted by atomic mass is 16.5. The van der Waals surface area contributed by atoms with E-state index in [0.29, 0.717) is 5.92 Å². The molecule has 0 aromatic carbocycles. The number of carbonyl (C=O) groups is 2. The number of nitrogens with two attached hydrogens (primary N) is 1. The van der Waals surface area contributed by atoms with Gasteiger partial charge in [0.15, 0.2) is 0 Å². The fraction of sp³-hybridized carbons (Fsp3) is 0.857. The van der Waals surface area contributed by atoms with Gasteiger partial charge in [-0.15, -0.1) is 0 Å². The number of nitrogens with zero attached hydrogens (tertiary/aromatic N) is 2. The molecule has 0 aromatic heterocycles. The maximum absolute atomic E-state index is 11.8. The minimum Gasteiger partial charge on any atom is -0.379 e. The molecule has 120 valence electrons. The lowest BCUT2D eigenvalue weighted by Crippen LogP contribution is -2.51. The van der Waals surface area contributed by atoms with Crippen LogP contribution in [0.5, 0.6) is 0 Å². The first-order chi connectivity index (χ1) is 10.1. The largest absolute Gasteiger partial charge is 0.379 e. The molecule has 2 rings (SSSR count). The summed E-state index contributed by atoms with van der Waals surface area (Å²) in [5, 5.41) is 2.15. The first-order valence-electron chi connectivity index (χ1n) is 7.70. The maximum Gasteiger partial charge on any atom is 0.318 e. The smallest absolute Gasteiger partial charge is 0.318 e. The maximum atomic E-state index is 11.8. The lowest BCUT2D eigenvalue weighted by Gasteiger charge is -2.37. The molecule has 0 saturated carbocycles. The second-order valence-corrected chi connectivity index (χ2v) is 5.92. The SMILES string of the molecule is C[C@@H](C(=O)NC(N)=O)N1CCC(CN2CCOCC2)CC1. The van der Waals surface area contributed by atoms with Crippen molar-refractivity contribution in [3.8, 4) is 0 Å². The number of rotatable bonds is 4. The van der Waals surface area contributed by atoms with E-state index in [1.54, 1.807) is 0 Å². The van der Waals surface area contributed by atoms with Crippen LogP contribution in [0.4, 0.5) is 4.79 Å². The summed E-state index contributed by atoms with van der Waals surface area (Å²) in [6, 6.07) is -1.09. The predicted octanol–water partition coefficient (Wildman–Crippen LogP) is -0.386. The molecule has 2 aliphatic heterocycles. The number of primary amides is 1. The molecule has 3 N–H and O–H groups in total. The Morgan fingerprint density at radius 1 is 1.24 bits per heavy atom. The lowest BCUT2D eigenvalue weighted by atomic mass is 9.95. The van der Waals surface area contributed by atoms with Gasteiger partial charge in [-0.3, -0.25) is 19.9 Å². The molecule has 2 heterocycles. The number of amides is 3. The fourth-order valence-electron chi connectivity index (χ4n) is 3.06. The Labute approximate surface area is 125 Å². The molecule has 0 aromatic rings. The number of likely N-dealkylation sites (tertiary alicyclic amines) is 1. The summed E-state index contributed by atoms with van der Waals surface area (Å²) >= 11 is 0. The van der Waals surface area contributed by atoms with Gasteiger partial charge in [-0.2, -0.15) is 0 Å². The van der Waals surface area contributed by atoms with Crippen LogP contribution < -0.4 is 11.1 Å². The van der Waals surface area contributed by atoms with Crippen molar-refractivity contribution in [2.45, 2.75) is 25.8 Å². The van der Waals surface area contributed by atoms with Gasteiger partial charge in [-0.1, -0.05) is 0 Å². The molecule has 3 amide bonds. The number of piperidine rings is 1. The van der Waals surface area contributed by atoms with E-state index in [0.717, 1.165) is 58.8 Å². The van der Waals surface area contributed by atoms with E-state index in [-0.39, 0.29) is 11.9 Å². The van der Waals surface area contributed by atoms with E-state index in [4.69, 9.17) is 10.5 Å². The van der Waals surface area contributed by atoms with Crippen LogP contribution in [0.1, 0.15) is 19.8 Å². The summed E-state index contributed by atoms with van der Waals surface area (Å²) in [5.74, 6) is 0.375. The zero-order valence-electron chi connectivity index (χ0n) is 12.7. The Balaban J connectivity index is 1.72. The van der Waals surface area contributed by atoms with Gasteiger partial charge in [0.2, 0.25) is 5.91 Å². The van der Waals surface area contributed by atoms with Crippen LogP contribution in [0, 0.1) is 5.92 Å². The van der Waals surface area contributed by atoms with Crippen molar-refractivity contribution in [2.75, 3.05) is 45.9 Å². The van der Waals surface area contributed by atoms with E-state index in [1.807, 2.05) is 6.92 Å². The third kappa shape index (κ3) is 4.94. The van der Waals surface area contributed by atoms with Gasteiger partial charge in [0.25, 0.3) is 0 Å². The summed E-state index contributed by atoms with van der Waals surface area (Å²) in [5.41, 5.74) is 4.98. The molecule has 0 unspecified atom stereocenters. The molecule has 7 heteroatoms. The molecule has 2 saturated heterocycles. The van der Waals surface area contributed by atoms with Crippen LogP contribution in [0.15, 0.2) is 0 Å². The molecule has 0 aliphatic carbocycles. The van der Waals surface area contributed by atoms with Gasteiger partial charge < -0.3 is 10.5 Å². The summed E-state index contributed by atoms with van der Waals surface area (Å²) in [7, 11) is 0. The minimum absolute atomic E-state index is 0.304. The molecular formula is C14H26N4O3. The van der Waals surface area contributed by atoms with Crippen LogP contribution in [0.25, 0.3) is 0 Å². The molecule has 21 heavy (non-hydrogen) atoms. The Hall–Kier alpha value is -1.18. The second kappa shape index (κ2) is 7.72. The van der Waals surface area contributed by atoms with Gasteiger partial charge in [0.1, 0.15) is 0 Å². The highest BCUT2D eigenvalue weighted by Gasteiger charge is 2.28. The fourth-order valence-corrected chi connectivity index (χ4v) is 3.06. The van der Waals surface area contributed by atoms with E-state index in [2.05, 4.69) is 15.1 Å². The predicted molar refractivity (Wildman–Crippen MR) is 78.7 cm³/mol. The second-order valence-electron chi connectivity index (χ2n) is 5.92. The van der Waals surface area contributed by atoms with Crippen molar-refractivity contribution in [1.29, 1.82) is 0 Å². The highest BCUT2D eigenvalue weighted by molar-refractivity contribution is 5.96. The van der Waals surface area contributed by atoms with E-state index in [9.17, 15) is 9.59 Å². The van der Waals surface area contributed by atoms with E-state index in [1.165, 1.54) is 0 Å². The molecule has 0 spiro atoms. The summed E-state index contributed by atoms with van der Waals surface area (Å²) < 4.78 is 5.36. The third-order valence-electron chi connectivity index (χ3n) is 4.44. The van der Waals surface area contributed by atoms with Crippen LogP contribution in [0.3, 0.4) is 0 Å². The van der Waals surface area contributed by atoms with Gasteiger partial charge in [-0.25, -0.2) is 4.79 Å². The van der Waals surface area contributed by atoms with Gasteiger partial charge in [0, 0.05) is 19.6 Å². The average molecular weight is 298 g/mol. The number of hydrogen-bond acceptors (Lipinski definition) is 5. The van der Waals surface area contributed by atoms with Crippen molar-refractivity contribution < 1.29 is 14.3 Å². The Morgan fingerprint density at radius 3 is 2.43 bits per heavy atom. The van der Waals surface area contributed by atoms with Gasteiger partial charge >= 0.3 is 6.03 Å². The lowest BCUT2D eigenvalue weighted by molar-refractivity contribution is -0.125. The summed E-state index contributed by atoms with van der Waals surface area (Å²) in [4.78, 5) is 27.1. The first-order valence-corrected chi connectivity index (χ1v) is 7.70. The molecular weight excluding hydrogens is 272 g/mol. The van der Waals surface area contributed by atoms with Crippen LogP contribution in [-0.2, 0) is 9.53 Å². The molecule has 7 nitrogen and oxygen atoms in total. The van der Waals surface area contributed by atoms with Crippen LogP contribution in [0.2, 0.25) is 0 Å². The summed E-state index contributed by atoms with van der Waals surface area (Å²) in [6.07, 6.45) is 2.18. The zero-order chi connectivity index (χ0) is 15.2. The molecule has 0 bridgehead atoms. The molecule has 1 atom stereocenters. The third-order valence-corrected chi connectivity index (χ3v) is 4.44. The standard InChI is InChI=1S/C14H26N4O3/c1-11(13(19)16-14(15)20)18-4-2-12(3-5-18)10-17-6-8-21-9-7-17/h11-12H,2-10H2,1H3,(H3,15,16,19,20)/t11-/m0/s1. The first kappa shape index (κ1) is 16.2. The topological polar surface area (TPSA) is 87.9 Å². The zero-order valence-corrected chi connectivity index (χ0v) is 12.7. The average Bonchev–Trinajstić information content (AvgIpc) is 2.47. The van der Waals surface area contributed by atoms with E-state index < -0.39 is 6.03 Å². The van der Waals surface area contributed by atoms with Crippen molar-refractivity contribution in [3.05, 3.63) is 0 Å². The van der Waals surface area contributed by atoms with E-state index >= 15 is 0 Å². The number of hydrogen-bond donors (Lipinski definition) is 2. The Morgan fingerprint density at radius 2 is 1.86 bits per heavy atom. The number of carbonyl (C=O) groups excluding carboxylic acids is 2. The van der Waals surface area contributed by atoms with Crippen molar-refractivity contribution in [2.24, 2.45) is 11.7 Å². The highest BCUT2D eigenvalue weighted by Crippen LogP contribution is 2.20. The van der Waals surface area contributed by atoms with Crippen LogP contribution >= 0.6 is 0 Å². The quantitative estimate of drug-likeness (QED) is 0.738. The minimum atomic E-state index is -0.783. The van der Waals surface area contributed by atoms with Crippen molar-refractivity contribution in [3.63, 3.8) is 0 Å². The number of nitrogens with one attached hydrogen (secondary N) is 1. The molecule has 0 radical (unpaired) electrons. The number of ether oxygens (including phenoxy) is 1. The van der Waals surface area contributed by atoms with Gasteiger partial charge in [0.05, 0.1) is 19.3 Å². The number of urea groups is 1. The summed E-state index contributed by atoms with van der Waals surface area (Å²) in [6.45, 7) is 8.45. The Bertz CT molecular complexity index is 363. The van der Waals surface area contributed by atoms with Crippen LogP contribution in [-0.4, -0.2) is 73.7 Å². The molecule has 2 fully saturated rings. The van der Waals surface area contributed by atoms with Crippen molar-refractivity contribution in [1.82, 2.24) is 15.1 Å². The van der Waals surface area contributed by atoms with Gasteiger partial charge in [-0.05, 0) is 38.8 Å². The number of morpholine rings is 1. The number of imide groups is 1. The normalized spacial score (nSPS) is 23.7. The van der Waals surface area contributed by atoms with Crippen molar-refractivity contribution >= 4 is 11.9 Å². The molecule has 2 aliphatic rings.